The molecule has 2 aliphatic carbocycles. The van der Waals surface area contributed by atoms with Crippen LogP contribution in [0.25, 0.3) is 0 Å². The van der Waals surface area contributed by atoms with Crippen molar-refractivity contribution in [2.24, 2.45) is 11.8 Å². The van der Waals surface area contributed by atoms with E-state index >= 15 is 0 Å². The number of hydrogen-bond donors (Lipinski definition) is 1. The number of benzene rings is 1. The summed E-state index contributed by atoms with van der Waals surface area (Å²) in [4.78, 5) is 14.5. The Balaban J connectivity index is 1.12. The molecule has 1 saturated heterocycles. The molecule has 172 valence electrons. The highest BCUT2D eigenvalue weighted by atomic mass is 19.1. The van der Waals surface area contributed by atoms with E-state index in [1.807, 2.05) is 0 Å². The molecule has 1 heterocycles. The van der Waals surface area contributed by atoms with Crippen molar-refractivity contribution in [1.82, 2.24) is 10.2 Å². The number of amides is 1. The van der Waals surface area contributed by atoms with Crippen molar-refractivity contribution in [3.8, 4) is 5.75 Å². The minimum absolute atomic E-state index is 0.250. The SMILES string of the molecule is O=C(NC1CCC(CCN2CCC(Oc3c(F)cc(F)cc3F)CC2)CC1)C1CCC1. The van der Waals surface area contributed by atoms with Crippen LogP contribution < -0.4 is 10.1 Å². The van der Waals surface area contributed by atoms with E-state index in [2.05, 4.69) is 10.2 Å². The Hall–Kier alpha value is -1.76. The normalized spacial score (nSPS) is 25.8. The topological polar surface area (TPSA) is 41.6 Å². The zero-order valence-corrected chi connectivity index (χ0v) is 18.1. The largest absolute Gasteiger partial charge is 0.484 e. The van der Waals surface area contributed by atoms with Gasteiger partial charge in [0.05, 0.1) is 0 Å². The van der Waals surface area contributed by atoms with Gasteiger partial charge in [-0.2, -0.15) is 0 Å². The first-order valence-electron chi connectivity index (χ1n) is 11.8. The molecule has 3 fully saturated rings. The van der Waals surface area contributed by atoms with E-state index in [4.69, 9.17) is 4.74 Å². The summed E-state index contributed by atoms with van der Waals surface area (Å²) in [5.74, 6) is -2.15. The van der Waals surface area contributed by atoms with E-state index in [9.17, 15) is 18.0 Å². The molecule has 0 bridgehead atoms. The molecule has 4 nitrogen and oxygen atoms in total. The minimum Gasteiger partial charge on any atom is -0.484 e. The monoisotopic (exact) mass is 438 g/mol. The number of hydrogen-bond acceptors (Lipinski definition) is 3. The van der Waals surface area contributed by atoms with Crippen molar-refractivity contribution in [2.75, 3.05) is 19.6 Å². The van der Waals surface area contributed by atoms with Crippen molar-refractivity contribution >= 4 is 5.91 Å². The Morgan fingerprint density at radius 3 is 2.19 bits per heavy atom. The van der Waals surface area contributed by atoms with E-state index in [1.165, 1.54) is 6.42 Å². The predicted octanol–water partition coefficient (Wildman–Crippen LogP) is 4.81. The number of nitrogens with zero attached hydrogens (tertiary/aromatic N) is 1. The average molecular weight is 439 g/mol. The highest BCUT2D eigenvalue weighted by Crippen LogP contribution is 2.31. The van der Waals surface area contributed by atoms with Crippen LogP contribution in [0.15, 0.2) is 12.1 Å². The number of nitrogens with one attached hydrogen (secondary N) is 1. The molecule has 1 aromatic rings. The minimum atomic E-state index is -0.987. The number of halogens is 3. The Bertz CT molecular complexity index is 732. The molecule has 31 heavy (non-hydrogen) atoms. The fraction of sp³-hybridized carbons (Fsp3) is 0.708. The van der Waals surface area contributed by atoms with Crippen molar-refractivity contribution in [2.45, 2.75) is 76.4 Å². The lowest BCUT2D eigenvalue weighted by molar-refractivity contribution is -0.128. The van der Waals surface area contributed by atoms with Gasteiger partial charge in [-0.15, -0.1) is 0 Å². The van der Waals surface area contributed by atoms with Gasteiger partial charge in [-0.05, 0) is 70.3 Å². The fourth-order valence-electron chi connectivity index (χ4n) is 5.01. The van der Waals surface area contributed by atoms with Crippen LogP contribution in [-0.4, -0.2) is 42.6 Å². The van der Waals surface area contributed by atoms with Crippen LogP contribution in [0.5, 0.6) is 5.75 Å². The molecule has 7 heteroatoms. The van der Waals surface area contributed by atoms with Gasteiger partial charge in [0.15, 0.2) is 17.4 Å². The first kappa shape index (κ1) is 22.4. The highest BCUT2D eigenvalue weighted by Gasteiger charge is 2.29. The van der Waals surface area contributed by atoms with Crippen LogP contribution in [-0.2, 0) is 4.79 Å². The van der Waals surface area contributed by atoms with Crippen LogP contribution in [0.2, 0.25) is 0 Å². The van der Waals surface area contributed by atoms with Crippen molar-refractivity contribution < 1.29 is 22.7 Å². The van der Waals surface area contributed by atoms with Gasteiger partial charge in [0.2, 0.25) is 5.91 Å². The number of rotatable bonds is 7. The Morgan fingerprint density at radius 2 is 1.61 bits per heavy atom. The van der Waals surface area contributed by atoms with Gasteiger partial charge in [-0.3, -0.25) is 4.79 Å². The van der Waals surface area contributed by atoms with Crippen LogP contribution in [0, 0.1) is 29.3 Å². The number of carbonyl (C=O) groups excluding carboxylic acids is 1. The van der Waals surface area contributed by atoms with E-state index in [-0.39, 0.29) is 17.9 Å². The second-order valence-corrected chi connectivity index (χ2v) is 9.50. The zero-order valence-electron chi connectivity index (χ0n) is 18.1. The maximum atomic E-state index is 13.8. The van der Waals surface area contributed by atoms with Crippen molar-refractivity contribution in [1.29, 1.82) is 0 Å². The van der Waals surface area contributed by atoms with Crippen molar-refractivity contribution in [3.05, 3.63) is 29.6 Å². The van der Waals surface area contributed by atoms with Crippen LogP contribution in [0.4, 0.5) is 13.2 Å². The van der Waals surface area contributed by atoms with Crippen LogP contribution >= 0.6 is 0 Å². The molecule has 3 aliphatic rings. The summed E-state index contributed by atoms with van der Waals surface area (Å²) in [6, 6.07) is 1.66. The second kappa shape index (κ2) is 10.2. The van der Waals surface area contributed by atoms with Gasteiger partial charge in [0.25, 0.3) is 0 Å². The fourth-order valence-corrected chi connectivity index (χ4v) is 5.01. The van der Waals surface area contributed by atoms with Gasteiger partial charge >= 0.3 is 0 Å². The number of carbonyl (C=O) groups is 1. The molecule has 1 aliphatic heterocycles. The smallest absolute Gasteiger partial charge is 0.223 e. The second-order valence-electron chi connectivity index (χ2n) is 9.50. The van der Waals surface area contributed by atoms with Gasteiger partial charge < -0.3 is 15.0 Å². The maximum Gasteiger partial charge on any atom is 0.223 e. The van der Waals surface area contributed by atoms with Crippen molar-refractivity contribution in [3.63, 3.8) is 0 Å². The standard InChI is InChI=1S/C24H33F3N2O2/c25-18-14-21(26)23(22(27)15-18)31-20-9-12-29(13-10-20)11-8-16-4-6-19(7-5-16)28-24(30)17-2-1-3-17/h14-17,19-20H,1-13H2,(H,28,30). The lowest BCUT2D eigenvalue weighted by Gasteiger charge is -2.35. The average Bonchev–Trinajstić information content (AvgIpc) is 2.70. The summed E-state index contributed by atoms with van der Waals surface area (Å²) in [5.41, 5.74) is 0. The highest BCUT2D eigenvalue weighted by molar-refractivity contribution is 5.79. The van der Waals surface area contributed by atoms with Gasteiger partial charge in [0.1, 0.15) is 11.9 Å². The molecule has 0 radical (unpaired) electrons. The molecule has 0 unspecified atom stereocenters. The van der Waals surface area contributed by atoms with Crippen LogP contribution in [0.1, 0.15) is 64.2 Å². The summed E-state index contributed by atoms with van der Waals surface area (Å²) in [6.07, 6.45) is 10.1. The van der Waals surface area contributed by atoms with Crippen LogP contribution in [0.3, 0.4) is 0 Å². The number of likely N-dealkylation sites (tertiary alicyclic amines) is 1. The Morgan fingerprint density at radius 1 is 0.968 bits per heavy atom. The molecule has 1 N–H and O–H groups in total. The lowest BCUT2D eigenvalue weighted by Crippen LogP contribution is -2.43. The lowest BCUT2D eigenvalue weighted by atomic mass is 9.82. The van der Waals surface area contributed by atoms with Gasteiger partial charge in [-0.1, -0.05) is 6.42 Å². The van der Waals surface area contributed by atoms with Gasteiger partial charge in [-0.25, -0.2) is 13.2 Å². The van der Waals surface area contributed by atoms with E-state index in [0.29, 0.717) is 36.9 Å². The predicted molar refractivity (Wildman–Crippen MR) is 112 cm³/mol. The summed E-state index contributed by atoms with van der Waals surface area (Å²) >= 11 is 0. The number of ether oxygens (including phenoxy) is 1. The zero-order chi connectivity index (χ0) is 21.8. The molecule has 1 aromatic carbocycles. The molecular formula is C24H33F3N2O2. The molecule has 2 saturated carbocycles. The molecule has 0 atom stereocenters. The van der Waals surface area contributed by atoms with E-state index < -0.39 is 23.2 Å². The number of piperidine rings is 1. The Labute approximate surface area is 182 Å². The van der Waals surface area contributed by atoms with E-state index in [0.717, 1.165) is 64.6 Å². The first-order chi connectivity index (χ1) is 15.0. The molecular weight excluding hydrogens is 405 g/mol. The quantitative estimate of drug-likeness (QED) is 0.664. The van der Waals surface area contributed by atoms with E-state index in [1.54, 1.807) is 0 Å². The summed E-state index contributed by atoms with van der Waals surface area (Å²) in [6.45, 7) is 2.69. The van der Waals surface area contributed by atoms with Gasteiger partial charge in [0, 0.05) is 37.2 Å². The molecule has 4 rings (SSSR count). The molecule has 0 spiro atoms. The summed E-state index contributed by atoms with van der Waals surface area (Å²) < 4.78 is 46.1. The summed E-state index contributed by atoms with van der Waals surface area (Å²) in [7, 11) is 0. The third-order valence-corrected chi connectivity index (χ3v) is 7.30. The molecule has 1 amide bonds. The third kappa shape index (κ3) is 5.93. The summed E-state index contributed by atoms with van der Waals surface area (Å²) in [5, 5.41) is 3.25. The maximum absolute atomic E-state index is 13.8. The Kier molecular flexibility index (Phi) is 7.41. The molecule has 0 aromatic heterocycles. The third-order valence-electron chi connectivity index (χ3n) is 7.30. The first-order valence-corrected chi connectivity index (χ1v) is 11.8.